The zero-order chi connectivity index (χ0) is 20.3. The van der Waals surface area contributed by atoms with Gasteiger partial charge in [-0.3, -0.25) is 0 Å². The van der Waals surface area contributed by atoms with Crippen LogP contribution >= 0.6 is 0 Å². The average Bonchev–Trinajstić information content (AvgIpc) is 2.95. The van der Waals surface area contributed by atoms with E-state index in [4.69, 9.17) is 14.2 Å². The Bertz CT molecular complexity index is 829. The quantitative estimate of drug-likeness (QED) is 0.755. The van der Waals surface area contributed by atoms with Crippen molar-refractivity contribution in [3.05, 3.63) is 70.8 Å². The van der Waals surface area contributed by atoms with E-state index in [1.165, 1.54) is 0 Å². The third kappa shape index (κ3) is 4.56. The number of hydrogen-bond acceptors (Lipinski definition) is 7. The second-order valence-corrected chi connectivity index (χ2v) is 6.76. The first kappa shape index (κ1) is 20.0. The van der Waals surface area contributed by atoms with E-state index in [2.05, 4.69) is 0 Å². The number of carbonyl (C=O) groups excluding carboxylic acids is 2. The van der Waals surface area contributed by atoms with Crippen molar-refractivity contribution in [3.63, 3.8) is 0 Å². The van der Waals surface area contributed by atoms with E-state index in [0.29, 0.717) is 11.1 Å². The molecule has 7 nitrogen and oxygen atoms in total. The first-order valence-corrected chi connectivity index (χ1v) is 8.88. The van der Waals surface area contributed by atoms with Gasteiger partial charge < -0.3 is 24.4 Å². The van der Waals surface area contributed by atoms with Gasteiger partial charge in [0, 0.05) is 0 Å². The topological polar surface area (TPSA) is 102 Å². The molecular weight excluding hydrogens is 364 g/mol. The minimum absolute atomic E-state index is 0.285. The zero-order valence-electron chi connectivity index (χ0n) is 15.6. The monoisotopic (exact) mass is 386 g/mol. The lowest BCUT2D eigenvalue weighted by molar-refractivity contribution is -0.133. The Morgan fingerprint density at radius 1 is 0.893 bits per heavy atom. The van der Waals surface area contributed by atoms with E-state index < -0.39 is 36.5 Å². The third-order valence-corrected chi connectivity index (χ3v) is 4.51. The largest absolute Gasteiger partial charge is 0.459 e. The standard InChI is InChI=1S/C21H22O7/c1-12-3-7-14(8-4-12)19(23)26-11-16-18(17(22)21(25)27-16)28-20(24)15-9-5-13(2)6-10-15/h3-10,16-18,21-22,25H,11H2,1-2H3/t16-,17-,18-,21-/m0/s1. The van der Waals surface area contributed by atoms with Crippen molar-refractivity contribution in [1.29, 1.82) is 0 Å². The number of carbonyl (C=O) groups is 2. The fourth-order valence-corrected chi connectivity index (χ4v) is 2.81. The molecule has 3 rings (SSSR count). The Labute approximate surface area is 162 Å². The van der Waals surface area contributed by atoms with Crippen molar-refractivity contribution in [2.24, 2.45) is 0 Å². The molecule has 1 heterocycles. The maximum atomic E-state index is 12.3. The van der Waals surface area contributed by atoms with Crippen molar-refractivity contribution in [3.8, 4) is 0 Å². The molecule has 0 saturated carbocycles. The summed E-state index contributed by atoms with van der Waals surface area (Å²) < 4.78 is 15.7. The molecule has 1 aliphatic heterocycles. The van der Waals surface area contributed by atoms with Crippen LogP contribution in [0.15, 0.2) is 48.5 Å². The van der Waals surface area contributed by atoms with Gasteiger partial charge in [-0.05, 0) is 38.1 Å². The molecule has 0 aliphatic carbocycles. The summed E-state index contributed by atoms with van der Waals surface area (Å²) in [6.07, 6.45) is -5.15. The van der Waals surface area contributed by atoms with Crippen molar-refractivity contribution in [1.82, 2.24) is 0 Å². The second-order valence-electron chi connectivity index (χ2n) is 6.76. The normalized spacial score (nSPS) is 24.0. The van der Waals surface area contributed by atoms with Crippen LogP contribution in [0.3, 0.4) is 0 Å². The summed E-state index contributed by atoms with van der Waals surface area (Å²) in [5, 5.41) is 19.9. The van der Waals surface area contributed by atoms with Crippen LogP contribution < -0.4 is 0 Å². The first-order valence-electron chi connectivity index (χ1n) is 8.88. The lowest BCUT2D eigenvalue weighted by atomic mass is 10.1. The smallest absolute Gasteiger partial charge is 0.338 e. The van der Waals surface area contributed by atoms with Crippen molar-refractivity contribution in [2.45, 2.75) is 38.4 Å². The Morgan fingerprint density at radius 2 is 1.39 bits per heavy atom. The fraction of sp³-hybridized carbons (Fsp3) is 0.333. The summed E-state index contributed by atoms with van der Waals surface area (Å²) >= 11 is 0. The first-order chi connectivity index (χ1) is 13.3. The highest BCUT2D eigenvalue weighted by molar-refractivity contribution is 5.90. The maximum Gasteiger partial charge on any atom is 0.338 e. The molecule has 0 spiro atoms. The number of hydrogen-bond donors (Lipinski definition) is 2. The Morgan fingerprint density at radius 3 is 1.93 bits per heavy atom. The third-order valence-electron chi connectivity index (χ3n) is 4.51. The highest BCUT2D eigenvalue weighted by Crippen LogP contribution is 2.24. The molecule has 2 N–H and O–H groups in total. The van der Waals surface area contributed by atoms with Gasteiger partial charge in [0.05, 0.1) is 11.1 Å². The van der Waals surface area contributed by atoms with Crippen molar-refractivity contribution >= 4 is 11.9 Å². The van der Waals surface area contributed by atoms with Gasteiger partial charge in [-0.15, -0.1) is 0 Å². The Kier molecular flexibility index (Phi) is 6.08. The summed E-state index contributed by atoms with van der Waals surface area (Å²) in [6.45, 7) is 3.50. The zero-order valence-corrected chi connectivity index (χ0v) is 15.6. The van der Waals surface area contributed by atoms with Crippen LogP contribution in [0.2, 0.25) is 0 Å². The molecule has 1 saturated heterocycles. The summed E-state index contributed by atoms with van der Waals surface area (Å²) in [7, 11) is 0. The maximum absolute atomic E-state index is 12.3. The van der Waals surface area contributed by atoms with E-state index >= 15 is 0 Å². The van der Waals surface area contributed by atoms with Crippen LogP contribution in [0.5, 0.6) is 0 Å². The summed E-state index contributed by atoms with van der Waals surface area (Å²) in [6, 6.07) is 13.5. The van der Waals surface area contributed by atoms with Crippen molar-refractivity contribution in [2.75, 3.05) is 6.61 Å². The van der Waals surface area contributed by atoms with Gasteiger partial charge in [0.25, 0.3) is 0 Å². The number of esters is 2. The molecule has 7 heteroatoms. The van der Waals surface area contributed by atoms with Crippen LogP contribution in [-0.4, -0.2) is 53.4 Å². The summed E-state index contributed by atoms with van der Waals surface area (Å²) in [5.74, 6) is -1.25. The number of benzene rings is 2. The molecule has 4 atom stereocenters. The van der Waals surface area contributed by atoms with E-state index in [1.807, 2.05) is 13.8 Å². The van der Waals surface area contributed by atoms with Crippen LogP contribution in [-0.2, 0) is 14.2 Å². The van der Waals surface area contributed by atoms with Gasteiger partial charge in [-0.2, -0.15) is 0 Å². The molecule has 1 aliphatic rings. The number of aliphatic hydroxyl groups excluding tert-OH is 2. The molecule has 2 aromatic rings. The van der Waals surface area contributed by atoms with Gasteiger partial charge in [0.2, 0.25) is 0 Å². The fourth-order valence-electron chi connectivity index (χ4n) is 2.81. The van der Waals surface area contributed by atoms with Gasteiger partial charge >= 0.3 is 11.9 Å². The lowest BCUT2D eigenvalue weighted by Gasteiger charge is -2.20. The van der Waals surface area contributed by atoms with Gasteiger partial charge in [0.15, 0.2) is 12.4 Å². The van der Waals surface area contributed by atoms with Gasteiger partial charge in [-0.25, -0.2) is 9.59 Å². The molecule has 0 bridgehead atoms. The highest BCUT2D eigenvalue weighted by Gasteiger charge is 2.46. The minimum Gasteiger partial charge on any atom is -0.459 e. The van der Waals surface area contributed by atoms with Crippen molar-refractivity contribution < 1.29 is 34.0 Å². The Hall–Kier alpha value is -2.74. The number of ether oxygens (including phenoxy) is 3. The number of aliphatic hydroxyl groups is 2. The molecule has 0 unspecified atom stereocenters. The second kappa shape index (κ2) is 8.52. The van der Waals surface area contributed by atoms with E-state index in [0.717, 1.165) is 11.1 Å². The van der Waals surface area contributed by atoms with Crippen LogP contribution in [0.1, 0.15) is 31.8 Å². The predicted octanol–water partition coefficient (Wildman–Crippen LogP) is 1.76. The van der Waals surface area contributed by atoms with Crippen LogP contribution in [0, 0.1) is 13.8 Å². The average molecular weight is 386 g/mol. The molecule has 0 aromatic heterocycles. The molecule has 0 radical (unpaired) electrons. The molecule has 148 valence electrons. The van der Waals surface area contributed by atoms with Crippen LogP contribution in [0.4, 0.5) is 0 Å². The molecule has 2 aromatic carbocycles. The molecular formula is C21H22O7. The highest BCUT2D eigenvalue weighted by atomic mass is 16.7. The van der Waals surface area contributed by atoms with E-state index in [1.54, 1.807) is 48.5 Å². The van der Waals surface area contributed by atoms with E-state index in [9.17, 15) is 19.8 Å². The number of aryl methyl sites for hydroxylation is 2. The molecule has 0 amide bonds. The van der Waals surface area contributed by atoms with E-state index in [-0.39, 0.29) is 6.61 Å². The molecule has 1 fully saturated rings. The molecule has 28 heavy (non-hydrogen) atoms. The summed E-state index contributed by atoms with van der Waals surface area (Å²) in [4.78, 5) is 24.5. The predicted molar refractivity (Wildman–Crippen MR) is 98.7 cm³/mol. The lowest BCUT2D eigenvalue weighted by Crippen LogP contribution is -2.39. The van der Waals surface area contributed by atoms with Crippen LogP contribution in [0.25, 0.3) is 0 Å². The summed E-state index contributed by atoms with van der Waals surface area (Å²) in [5.41, 5.74) is 2.65. The minimum atomic E-state index is -1.54. The SMILES string of the molecule is Cc1ccc(C(=O)OC[C@@H]2O[C@H](O)[C@@H](O)[C@H]2OC(=O)c2ccc(C)cc2)cc1. The van der Waals surface area contributed by atoms with Gasteiger partial charge in [-0.1, -0.05) is 35.4 Å². The van der Waals surface area contributed by atoms with Gasteiger partial charge in [0.1, 0.15) is 18.8 Å². The number of rotatable bonds is 5. The Balaban J connectivity index is 1.63.